The molecule has 0 bridgehead atoms. The fourth-order valence-electron chi connectivity index (χ4n) is 8.18. The van der Waals surface area contributed by atoms with Gasteiger partial charge in [0.2, 0.25) is 0 Å². The van der Waals surface area contributed by atoms with Crippen molar-refractivity contribution in [3.8, 4) is 45.2 Å². The van der Waals surface area contributed by atoms with Gasteiger partial charge in [-0.3, -0.25) is 0 Å². The van der Waals surface area contributed by atoms with Gasteiger partial charge in [0.1, 0.15) is 17.0 Å². The molecule has 1 aliphatic carbocycles. The van der Waals surface area contributed by atoms with E-state index in [1.807, 2.05) is 48.5 Å². The largest absolute Gasteiger partial charge is 0.455 e. The van der Waals surface area contributed by atoms with E-state index in [4.69, 9.17) is 24.4 Å². The van der Waals surface area contributed by atoms with Crippen molar-refractivity contribution in [1.29, 1.82) is 0 Å². The molecule has 0 N–H and O–H groups in total. The van der Waals surface area contributed by atoms with Crippen molar-refractivity contribution in [2.24, 2.45) is 5.92 Å². The Morgan fingerprint density at radius 3 is 2.12 bits per heavy atom. The molecule has 2 unspecified atom stereocenters. The lowest BCUT2D eigenvalue weighted by Gasteiger charge is -2.20. The number of aromatic nitrogens is 4. The van der Waals surface area contributed by atoms with Gasteiger partial charge in [0.05, 0.1) is 16.6 Å². The number of hydrogen-bond acceptors (Lipinski definition) is 5. The summed E-state index contributed by atoms with van der Waals surface area (Å²) in [7, 11) is 0. The van der Waals surface area contributed by atoms with E-state index in [9.17, 15) is 0 Å². The van der Waals surface area contributed by atoms with E-state index in [1.165, 1.54) is 0 Å². The minimum Gasteiger partial charge on any atom is -0.455 e. The molecule has 7 aromatic carbocycles. The molecule has 0 amide bonds. The van der Waals surface area contributed by atoms with E-state index in [2.05, 4.69) is 134 Å². The summed E-state index contributed by atoms with van der Waals surface area (Å²) in [6.45, 7) is 2.20. The van der Waals surface area contributed by atoms with Crippen LogP contribution in [0.15, 0.2) is 168 Å². The van der Waals surface area contributed by atoms with Gasteiger partial charge < -0.3 is 4.42 Å². The second-order valence-electron chi connectivity index (χ2n) is 14.5. The fourth-order valence-corrected chi connectivity index (χ4v) is 8.18. The third-order valence-corrected chi connectivity index (χ3v) is 11.1. The average Bonchev–Trinajstić information content (AvgIpc) is 3.66. The number of para-hydroxylation sites is 1. The standard InChI is InChI=1S/C51H32N4O/c1-31-13-5-7-17-37(31)51-54-49(33-14-3-2-4-15-33)53-50(55-51)34-25-23-32(24-26-34)35-27-28-44-43(29-35)48-46(41-21-11-12-22-45(41)56-48)47(52-44)42-30-36-16-6-8-18-38(36)39-19-9-10-20-40(39)42/h2-8,10-18,20-31,37H,1H3. The minimum atomic E-state index is 0.0714. The Bertz CT molecular complexity index is 3220. The summed E-state index contributed by atoms with van der Waals surface area (Å²) in [4.78, 5) is 20.4. The lowest BCUT2D eigenvalue weighted by Crippen LogP contribution is -2.13. The van der Waals surface area contributed by atoms with Crippen LogP contribution >= 0.6 is 0 Å². The first-order valence-corrected chi connectivity index (χ1v) is 18.9. The summed E-state index contributed by atoms with van der Waals surface area (Å²) < 4.78 is 6.73. The lowest BCUT2D eigenvalue weighted by atomic mass is 9.89. The highest BCUT2D eigenvalue weighted by Gasteiger charge is 2.23. The van der Waals surface area contributed by atoms with E-state index < -0.39 is 0 Å². The molecule has 1 aliphatic rings. The number of hydrogen-bond donors (Lipinski definition) is 0. The van der Waals surface area contributed by atoms with Crippen LogP contribution in [0.3, 0.4) is 0 Å². The third kappa shape index (κ3) is 5.26. The molecular formula is C51H32N4O. The molecule has 3 aromatic heterocycles. The number of allylic oxidation sites excluding steroid dienone is 4. The normalized spacial score (nSPS) is 15.3. The highest BCUT2D eigenvalue weighted by Crippen LogP contribution is 2.43. The molecule has 0 saturated heterocycles. The third-order valence-electron chi connectivity index (χ3n) is 11.1. The predicted molar refractivity (Wildman–Crippen MR) is 227 cm³/mol. The second-order valence-corrected chi connectivity index (χ2v) is 14.5. The molecule has 262 valence electrons. The number of benzene rings is 6. The SMILES string of the molecule is CC1C=CC=CC1c1nc(-c2ccccc2)nc(-c2ccc(-c3ccc4nc(-c5cc6ccccc6c6c#cccc56)c5c6ccccc6oc5c4c3)cc2)n1. The summed E-state index contributed by atoms with van der Waals surface area (Å²) in [5, 5.41) is 7.40. The van der Waals surface area contributed by atoms with Gasteiger partial charge in [-0.05, 0) is 64.2 Å². The van der Waals surface area contributed by atoms with Crippen LogP contribution in [-0.2, 0) is 0 Å². The first-order chi connectivity index (χ1) is 27.7. The molecule has 56 heavy (non-hydrogen) atoms. The zero-order valence-electron chi connectivity index (χ0n) is 30.4. The molecule has 0 aliphatic heterocycles. The van der Waals surface area contributed by atoms with Crippen molar-refractivity contribution in [2.75, 3.05) is 0 Å². The Hall–Kier alpha value is -7.42. The van der Waals surface area contributed by atoms with E-state index in [1.54, 1.807) is 0 Å². The molecule has 0 fully saturated rings. The van der Waals surface area contributed by atoms with Gasteiger partial charge in [-0.25, -0.2) is 19.9 Å². The Morgan fingerprint density at radius 2 is 1.29 bits per heavy atom. The van der Waals surface area contributed by atoms with Crippen LogP contribution in [0, 0.1) is 18.1 Å². The summed E-state index contributed by atoms with van der Waals surface area (Å²) in [6, 6.07) is 54.6. The molecule has 0 spiro atoms. The van der Waals surface area contributed by atoms with Gasteiger partial charge in [0.15, 0.2) is 11.6 Å². The van der Waals surface area contributed by atoms with Gasteiger partial charge in [-0.15, -0.1) is 0 Å². The van der Waals surface area contributed by atoms with Crippen molar-refractivity contribution in [3.05, 3.63) is 182 Å². The van der Waals surface area contributed by atoms with Gasteiger partial charge in [0.25, 0.3) is 0 Å². The lowest BCUT2D eigenvalue weighted by molar-refractivity contribution is 0.600. The van der Waals surface area contributed by atoms with E-state index in [-0.39, 0.29) is 11.8 Å². The van der Waals surface area contributed by atoms with Gasteiger partial charge >= 0.3 is 0 Å². The van der Waals surface area contributed by atoms with Crippen LogP contribution in [0.25, 0.3) is 99.5 Å². The summed E-state index contributed by atoms with van der Waals surface area (Å²) >= 11 is 0. The molecule has 0 radical (unpaired) electrons. The van der Waals surface area contributed by atoms with E-state index >= 15 is 0 Å². The molecule has 5 heteroatoms. The van der Waals surface area contributed by atoms with Gasteiger partial charge in [-0.1, -0.05) is 146 Å². The predicted octanol–water partition coefficient (Wildman–Crippen LogP) is 12.7. The van der Waals surface area contributed by atoms with Gasteiger partial charge in [0, 0.05) is 44.2 Å². The maximum absolute atomic E-state index is 6.73. The quantitative estimate of drug-likeness (QED) is 0.177. The first kappa shape index (κ1) is 32.0. The minimum absolute atomic E-state index is 0.0714. The van der Waals surface area contributed by atoms with Crippen molar-refractivity contribution in [3.63, 3.8) is 0 Å². The van der Waals surface area contributed by atoms with Crippen molar-refractivity contribution >= 4 is 54.4 Å². The molecule has 10 aromatic rings. The van der Waals surface area contributed by atoms with Crippen molar-refractivity contribution < 1.29 is 4.42 Å². The van der Waals surface area contributed by atoms with Crippen LogP contribution in [0.5, 0.6) is 0 Å². The summed E-state index contributed by atoms with van der Waals surface area (Å²) in [6.07, 6.45) is 8.55. The fraction of sp³-hybridized carbons (Fsp3) is 0.0588. The number of fused-ring (bicyclic) bond motifs is 8. The Kier molecular flexibility index (Phi) is 7.36. The number of pyridine rings is 1. The Balaban J connectivity index is 1.04. The Labute approximate surface area is 323 Å². The molecule has 0 saturated carbocycles. The van der Waals surface area contributed by atoms with Crippen LogP contribution < -0.4 is 0 Å². The maximum atomic E-state index is 6.73. The maximum Gasteiger partial charge on any atom is 0.163 e. The zero-order valence-corrected chi connectivity index (χ0v) is 30.4. The molecule has 2 atom stereocenters. The van der Waals surface area contributed by atoms with E-state index in [0.29, 0.717) is 11.6 Å². The number of nitrogens with zero attached hydrogens (tertiary/aromatic N) is 4. The molecular weight excluding hydrogens is 685 g/mol. The molecule has 5 nitrogen and oxygen atoms in total. The highest BCUT2D eigenvalue weighted by molar-refractivity contribution is 6.23. The Morgan fingerprint density at radius 1 is 0.571 bits per heavy atom. The zero-order chi connectivity index (χ0) is 37.2. The van der Waals surface area contributed by atoms with E-state index in [0.717, 1.165) is 93.7 Å². The molecule has 11 rings (SSSR count). The van der Waals surface area contributed by atoms with Crippen LogP contribution in [0.4, 0.5) is 0 Å². The smallest absolute Gasteiger partial charge is 0.163 e. The first-order valence-electron chi connectivity index (χ1n) is 18.9. The highest BCUT2D eigenvalue weighted by atomic mass is 16.3. The van der Waals surface area contributed by atoms with Crippen LogP contribution in [0.1, 0.15) is 18.7 Å². The number of furan rings is 1. The topological polar surface area (TPSA) is 64.7 Å². The average molecular weight is 717 g/mol. The van der Waals surface area contributed by atoms with Crippen molar-refractivity contribution in [2.45, 2.75) is 12.8 Å². The number of rotatable bonds is 5. The van der Waals surface area contributed by atoms with Crippen LogP contribution in [-0.4, -0.2) is 19.9 Å². The monoisotopic (exact) mass is 716 g/mol. The van der Waals surface area contributed by atoms with Crippen molar-refractivity contribution in [1.82, 2.24) is 19.9 Å². The van der Waals surface area contributed by atoms with Gasteiger partial charge in [-0.2, -0.15) is 0 Å². The second kappa shape index (κ2) is 12.9. The summed E-state index contributed by atoms with van der Waals surface area (Å²) in [5.74, 6) is 2.46. The van der Waals surface area contributed by atoms with Crippen LogP contribution in [0.2, 0.25) is 0 Å². The molecule has 3 heterocycles. The summed E-state index contributed by atoms with van der Waals surface area (Å²) in [5.41, 5.74) is 8.50.